The van der Waals surface area contributed by atoms with E-state index in [0.717, 1.165) is 6.42 Å². The molecule has 0 aliphatic rings. The van der Waals surface area contributed by atoms with Crippen LogP contribution in [0.25, 0.3) is 0 Å². The van der Waals surface area contributed by atoms with Gasteiger partial charge in [0.2, 0.25) is 0 Å². The van der Waals surface area contributed by atoms with Gasteiger partial charge in [-0.05, 0) is 24.1 Å². The molecule has 2 aromatic carbocycles. The summed E-state index contributed by atoms with van der Waals surface area (Å²) < 4.78 is 0. The minimum atomic E-state index is -0.145. The van der Waals surface area contributed by atoms with E-state index in [2.05, 4.69) is 6.92 Å². The fourth-order valence-electron chi connectivity index (χ4n) is 1.75. The van der Waals surface area contributed by atoms with E-state index in [1.165, 1.54) is 5.56 Å². The molecule has 2 aromatic rings. The lowest BCUT2D eigenvalue weighted by molar-refractivity contribution is 0.103. The molecule has 92 valence electrons. The van der Waals surface area contributed by atoms with Crippen LogP contribution in [-0.4, -0.2) is 5.78 Å². The third-order valence-electron chi connectivity index (χ3n) is 2.81. The molecule has 0 radical (unpaired) electrons. The summed E-state index contributed by atoms with van der Waals surface area (Å²) in [5, 5.41) is 0.763. The number of rotatable bonds is 3. The largest absolute Gasteiger partial charge is 0.288 e. The third kappa shape index (κ3) is 2.58. The summed E-state index contributed by atoms with van der Waals surface area (Å²) in [6.45, 7) is 2.07. The summed E-state index contributed by atoms with van der Waals surface area (Å²) in [6.07, 6.45) is 0.946. The van der Waals surface area contributed by atoms with Crippen molar-refractivity contribution in [3.8, 4) is 0 Å². The second kappa shape index (κ2) is 5.55. The van der Waals surface area contributed by atoms with Crippen molar-refractivity contribution < 1.29 is 4.79 Å². The van der Waals surface area contributed by atoms with Crippen molar-refractivity contribution in [3.05, 3.63) is 69.2 Å². The predicted octanol–water partition coefficient (Wildman–Crippen LogP) is 4.79. The van der Waals surface area contributed by atoms with E-state index < -0.39 is 0 Å². The number of ketones is 1. The Balaban J connectivity index is 2.41. The number of carbonyl (C=O) groups is 1. The van der Waals surface area contributed by atoms with Crippen LogP contribution in [-0.2, 0) is 6.42 Å². The summed E-state index contributed by atoms with van der Waals surface area (Å²) >= 11 is 12.1. The van der Waals surface area contributed by atoms with Gasteiger partial charge in [-0.3, -0.25) is 4.79 Å². The molecule has 0 N–H and O–H groups in total. The van der Waals surface area contributed by atoms with E-state index in [4.69, 9.17) is 23.2 Å². The molecule has 0 fully saturated rings. The first-order chi connectivity index (χ1) is 8.63. The van der Waals surface area contributed by atoms with Crippen molar-refractivity contribution in [2.24, 2.45) is 0 Å². The summed E-state index contributed by atoms with van der Waals surface area (Å²) in [6, 6.07) is 12.6. The van der Waals surface area contributed by atoms with Crippen molar-refractivity contribution in [1.82, 2.24) is 0 Å². The molecule has 0 heterocycles. The predicted molar refractivity (Wildman–Crippen MR) is 75.7 cm³/mol. The standard InChI is InChI=1S/C15H12Cl2O/c1-2-10-6-8-11(9-7-10)15(18)14-12(16)4-3-5-13(14)17/h3-9H,2H2,1H3. The van der Waals surface area contributed by atoms with Gasteiger partial charge in [0, 0.05) is 5.56 Å². The first kappa shape index (κ1) is 13.1. The van der Waals surface area contributed by atoms with Crippen molar-refractivity contribution in [2.75, 3.05) is 0 Å². The normalized spacial score (nSPS) is 10.4. The lowest BCUT2D eigenvalue weighted by Gasteiger charge is -2.06. The molecule has 1 nitrogen and oxygen atoms in total. The van der Waals surface area contributed by atoms with Gasteiger partial charge in [0.05, 0.1) is 15.6 Å². The fraction of sp³-hybridized carbons (Fsp3) is 0.133. The quantitative estimate of drug-likeness (QED) is 0.738. The number of benzene rings is 2. The molecule has 0 spiro atoms. The molecule has 0 atom stereocenters. The molecule has 0 aliphatic heterocycles. The maximum absolute atomic E-state index is 12.3. The highest BCUT2D eigenvalue weighted by Gasteiger charge is 2.16. The SMILES string of the molecule is CCc1ccc(C(=O)c2c(Cl)cccc2Cl)cc1. The van der Waals surface area contributed by atoms with E-state index >= 15 is 0 Å². The molecule has 0 aromatic heterocycles. The van der Waals surface area contributed by atoms with Crippen LogP contribution in [0.15, 0.2) is 42.5 Å². The molecule has 0 saturated carbocycles. The van der Waals surface area contributed by atoms with Gasteiger partial charge in [-0.2, -0.15) is 0 Å². The highest BCUT2D eigenvalue weighted by Crippen LogP contribution is 2.26. The Labute approximate surface area is 116 Å². The van der Waals surface area contributed by atoms with E-state index in [9.17, 15) is 4.79 Å². The van der Waals surface area contributed by atoms with E-state index in [0.29, 0.717) is 21.2 Å². The average molecular weight is 279 g/mol. The van der Waals surface area contributed by atoms with Gasteiger partial charge in [0.15, 0.2) is 5.78 Å². The van der Waals surface area contributed by atoms with Gasteiger partial charge in [0.1, 0.15) is 0 Å². The third-order valence-corrected chi connectivity index (χ3v) is 3.44. The van der Waals surface area contributed by atoms with Gasteiger partial charge >= 0.3 is 0 Å². The summed E-state index contributed by atoms with van der Waals surface area (Å²) in [5.74, 6) is -0.145. The maximum atomic E-state index is 12.3. The molecule has 0 saturated heterocycles. The molecule has 0 unspecified atom stereocenters. The monoisotopic (exact) mass is 278 g/mol. The Hall–Kier alpha value is -1.31. The molecule has 0 amide bonds. The Morgan fingerprint density at radius 3 is 2.06 bits per heavy atom. The van der Waals surface area contributed by atoms with Gasteiger partial charge < -0.3 is 0 Å². The second-order valence-corrected chi connectivity index (χ2v) is 4.79. The summed E-state index contributed by atoms with van der Waals surface area (Å²) in [7, 11) is 0. The lowest BCUT2D eigenvalue weighted by Crippen LogP contribution is -2.03. The zero-order valence-corrected chi connectivity index (χ0v) is 11.4. The van der Waals surface area contributed by atoms with Crippen LogP contribution in [0.4, 0.5) is 0 Å². The van der Waals surface area contributed by atoms with Gasteiger partial charge in [-0.15, -0.1) is 0 Å². The van der Waals surface area contributed by atoms with Crippen molar-refractivity contribution in [3.63, 3.8) is 0 Å². The Kier molecular flexibility index (Phi) is 4.05. The Bertz CT molecular complexity index is 553. The molecule has 2 rings (SSSR count). The summed E-state index contributed by atoms with van der Waals surface area (Å²) in [4.78, 5) is 12.3. The highest BCUT2D eigenvalue weighted by atomic mass is 35.5. The summed E-state index contributed by atoms with van der Waals surface area (Å²) in [5.41, 5.74) is 2.16. The first-order valence-corrected chi connectivity index (χ1v) is 6.46. The van der Waals surface area contributed by atoms with Crippen molar-refractivity contribution in [2.45, 2.75) is 13.3 Å². The number of carbonyl (C=O) groups excluding carboxylic acids is 1. The minimum absolute atomic E-state index is 0.145. The number of aryl methyl sites for hydroxylation is 1. The van der Waals surface area contributed by atoms with Crippen LogP contribution >= 0.6 is 23.2 Å². The topological polar surface area (TPSA) is 17.1 Å². The van der Waals surface area contributed by atoms with Crippen LogP contribution in [0, 0.1) is 0 Å². The molecule has 3 heteroatoms. The Morgan fingerprint density at radius 1 is 1.00 bits per heavy atom. The minimum Gasteiger partial charge on any atom is -0.288 e. The van der Waals surface area contributed by atoms with Gasteiger partial charge in [-0.25, -0.2) is 0 Å². The van der Waals surface area contributed by atoms with Crippen molar-refractivity contribution >= 4 is 29.0 Å². The zero-order valence-electron chi connectivity index (χ0n) is 9.91. The molecular formula is C15H12Cl2O. The molecular weight excluding hydrogens is 267 g/mol. The molecule has 18 heavy (non-hydrogen) atoms. The highest BCUT2D eigenvalue weighted by molar-refractivity contribution is 6.41. The van der Waals surface area contributed by atoms with Crippen molar-refractivity contribution in [1.29, 1.82) is 0 Å². The van der Waals surface area contributed by atoms with Crippen LogP contribution in [0.3, 0.4) is 0 Å². The van der Waals surface area contributed by atoms with E-state index in [1.807, 2.05) is 12.1 Å². The van der Waals surface area contributed by atoms with Crippen LogP contribution in [0.5, 0.6) is 0 Å². The first-order valence-electron chi connectivity index (χ1n) is 5.71. The number of halogens is 2. The number of hydrogen-bond donors (Lipinski definition) is 0. The van der Waals surface area contributed by atoms with Gasteiger partial charge in [0.25, 0.3) is 0 Å². The van der Waals surface area contributed by atoms with Gasteiger partial charge in [-0.1, -0.05) is 60.5 Å². The Morgan fingerprint density at radius 2 is 1.56 bits per heavy atom. The second-order valence-electron chi connectivity index (χ2n) is 3.98. The van der Waals surface area contributed by atoms with E-state index in [1.54, 1.807) is 30.3 Å². The van der Waals surface area contributed by atoms with Crippen LogP contribution in [0.2, 0.25) is 10.0 Å². The smallest absolute Gasteiger partial charge is 0.196 e. The maximum Gasteiger partial charge on any atom is 0.196 e. The van der Waals surface area contributed by atoms with Crippen LogP contribution in [0.1, 0.15) is 28.4 Å². The van der Waals surface area contributed by atoms with Crippen LogP contribution < -0.4 is 0 Å². The fourth-order valence-corrected chi connectivity index (χ4v) is 2.32. The molecule has 0 aliphatic carbocycles. The average Bonchev–Trinajstić information content (AvgIpc) is 2.38. The zero-order chi connectivity index (χ0) is 13.1. The number of hydrogen-bond acceptors (Lipinski definition) is 1. The lowest BCUT2D eigenvalue weighted by atomic mass is 10.0. The molecule has 0 bridgehead atoms. The van der Waals surface area contributed by atoms with E-state index in [-0.39, 0.29) is 5.78 Å².